The van der Waals surface area contributed by atoms with E-state index < -0.39 is 6.04 Å². The van der Waals surface area contributed by atoms with Crippen molar-refractivity contribution in [2.45, 2.75) is 26.4 Å². The van der Waals surface area contributed by atoms with Gasteiger partial charge in [-0.25, -0.2) is 0 Å². The van der Waals surface area contributed by atoms with Crippen LogP contribution in [0.25, 0.3) is 0 Å². The molecule has 0 saturated carbocycles. The zero-order chi connectivity index (χ0) is 13.1. The molecule has 1 atom stereocenters. The smallest absolute Gasteiger partial charge is 0.246 e. The molecule has 0 aromatic heterocycles. The van der Waals surface area contributed by atoms with Gasteiger partial charge < -0.3 is 10.2 Å². The number of hydrogen-bond acceptors (Lipinski definition) is 2. The monoisotopic (exact) mass is 246 g/mol. The van der Waals surface area contributed by atoms with Crippen molar-refractivity contribution in [2.75, 3.05) is 6.54 Å². The molecule has 0 bridgehead atoms. The van der Waals surface area contributed by atoms with Crippen molar-refractivity contribution in [3.8, 4) is 0 Å². The normalized spacial score (nSPS) is 20.2. The molecule has 1 fully saturated rings. The maximum atomic E-state index is 12.2. The molecule has 1 saturated heterocycles. The van der Waals surface area contributed by atoms with Crippen LogP contribution in [0.5, 0.6) is 0 Å². The molecular formula is C14H18N2O2. The average molecular weight is 246 g/mol. The second kappa shape index (κ2) is 5.21. The molecule has 1 aromatic carbocycles. The van der Waals surface area contributed by atoms with E-state index in [4.69, 9.17) is 0 Å². The summed E-state index contributed by atoms with van der Waals surface area (Å²) in [6.45, 7) is 4.52. The molecule has 1 aliphatic heterocycles. The lowest BCUT2D eigenvalue weighted by Crippen LogP contribution is -2.59. The molecule has 18 heavy (non-hydrogen) atoms. The molecule has 1 aliphatic rings. The van der Waals surface area contributed by atoms with E-state index in [1.807, 2.05) is 44.2 Å². The average Bonchev–Trinajstić information content (AvgIpc) is 2.34. The number of piperazine rings is 1. The van der Waals surface area contributed by atoms with Gasteiger partial charge in [0.05, 0.1) is 6.54 Å². The Morgan fingerprint density at radius 2 is 1.94 bits per heavy atom. The molecule has 96 valence electrons. The number of benzene rings is 1. The van der Waals surface area contributed by atoms with Crippen LogP contribution >= 0.6 is 0 Å². The Kier molecular flexibility index (Phi) is 3.65. The van der Waals surface area contributed by atoms with E-state index in [1.165, 1.54) is 0 Å². The zero-order valence-corrected chi connectivity index (χ0v) is 10.7. The van der Waals surface area contributed by atoms with Crippen molar-refractivity contribution in [2.24, 2.45) is 5.92 Å². The van der Waals surface area contributed by atoms with Gasteiger partial charge in [0.2, 0.25) is 11.8 Å². The number of nitrogens with zero attached hydrogens (tertiary/aromatic N) is 1. The van der Waals surface area contributed by atoms with Crippen LogP contribution in [0.3, 0.4) is 0 Å². The minimum absolute atomic E-state index is 0.00783. The first-order valence-electron chi connectivity index (χ1n) is 6.20. The second-order valence-electron chi connectivity index (χ2n) is 4.97. The number of hydrogen-bond donors (Lipinski definition) is 1. The molecule has 0 unspecified atom stereocenters. The minimum Gasteiger partial charge on any atom is -0.343 e. The summed E-state index contributed by atoms with van der Waals surface area (Å²) in [7, 11) is 0. The van der Waals surface area contributed by atoms with Gasteiger partial charge in [-0.15, -0.1) is 0 Å². The van der Waals surface area contributed by atoms with E-state index in [0.29, 0.717) is 6.54 Å². The number of rotatable bonds is 3. The van der Waals surface area contributed by atoms with Crippen molar-refractivity contribution < 1.29 is 9.59 Å². The van der Waals surface area contributed by atoms with Gasteiger partial charge in [-0.2, -0.15) is 0 Å². The Hall–Kier alpha value is -1.84. The maximum Gasteiger partial charge on any atom is 0.246 e. The highest BCUT2D eigenvalue weighted by Gasteiger charge is 2.34. The van der Waals surface area contributed by atoms with Gasteiger partial charge in [0.25, 0.3) is 0 Å². The Bertz CT molecular complexity index is 442. The summed E-state index contributed by atoms with van der Waals surface area (Å²) < 4.78 is 0. The van der Waals surface area contributed by atoms with Crippen molar-refractivity contribution in [3.05, 3.63) is 35.9 Å². The van der Waals surface area contributed by atoms with Crippen molar-refractivity contribution >= 4 is 11.8 Å². The lowest BCUT2D eigenvalue weighted by Gasteiger charge is -2.34. The first kappa shape index (κ1) is 12.6. The summed E-state index contributed by atoms with van der Waals surface area (Å²) in [4.78, 5) is 25.5. The molecule has 0 radical (unpaired) electrons. The van der Waals surface area contributed by atoms with E-state index >= 15 is 0 Å². The fourth-order valence-corrected chi connectivity index (χ4v) is 2.12. The number of carbonyl (C=O) groups is 2. The third kappa shape index (κ3) is 2.70. The topological polar surface area (TPSA) is 49.4 Å². The van der Waals surface area contributed by atoms with E-state index in [0.717, 1.165) is 5.56 Å². The van der Waals surface area contributed by atoms with Gasteiger partial charge in [-0.3, -0.25) is 9.59 Å². The van der Waals surface area contributed by atoms with Crippen LogP contribution in [0.4, 0.5) is 0 Å². The van der Waals surface area contributed by atoms with Crippen LogP contribution in [0.2, 0.25) is 0 Å². The lowest BCUT2D eigenvalue weighted by atomic mass is 10.0. The van der Waals surface area contributed by atoms with Crippen LogP contribution in [0.15, 0.2) is 30.3 Å². The number of carbonyl (C=O) groups excluding carboxylic acids is 2. The van der Waals surface area contributed by atoms with Crippen LogP contribution in [0.1, 0.15) is 19.4 Å². The molecule has 0 spiro atoms. The lowest BCUT2D eigenvalue weighted by molar-refractivity contribution is -0.146. The highest BCUT2D eigenvalue weighted by Crippen LogP contribution is 2.13. The Morgan fingerprint density at radius 3 is 2.56 bits per heavy atom. The third-order valence-corrected chi connectivity index (χ3v) is 3.11. The first-order valence-corrected chi connectivity index (χ1v) is 6.20. The summed E-state index contributed by atoms with van der Waals surface area (Å²) in [5, 5.41) is 2.75. The zero-order valence-electron chi connectivity index (χ0n) is 10.7. The SMILES string of the molecule is CC(C)[C@H]1NC(=O)CN(Cc2ccccc2)C1=O. The third-order valence-electron chi connectivity index (χ3n) is 3.11. The van der Waals surface area contributed by atoms with Crippen molar-refractivity contribution in [1.29, 1.82) is 0 Å². The van der Waals surface area contributed by atoms with Crippen molar-refractivity contribution in [1.82, 2.24) is 10.2 Å². The predicted octanol–water partition coefficient (Wildman–Crippen LogP) is 1.17. The predicted molar refractivity (Wildman–Crippen MR) is 68.6 cm³/mol. The second-order valence-corrected chi connectivity index (χ2v) is 4.97. The largest absolute Gasteiger partial charge is 0.343 e. The summed E-state index contributed by atoms with van der Waals surface area (Å²) in [6.07, 6.45) is 0. The van der Waals surface area contributed by atoms with Gasteiger partial charge in [0, 0.05) is 6.54 Å². The van der Waals surface area contributed by atoms with E-state index in [-0.39, 0.29) is 24.3 Å². The molecular weight excluding hydrogens is 228 g/mol. The molecule has 2 amide bonds. The molecule has 4 heteroatoms. The van der Waals surface area contributed by atoms with Gasteiger partial charge >= 0.3 is 0 Å². The van der Waals surface area contributed by atoms with Gasteiger partial charge in [-0.05, 0) is 11.5 Å². The summed E-state index contributed by atoms with van der Waals surface area (Å²) in [6, 6.07) is 9.34. The first-order chi connectivity index (χ1) is 8.58. The van der Waals surface area contributed by atoms with E-state index in [2.05, 4.69) is 5.32 Å². The van der Waals surface area contributed by atoms with Gasteiger partial charge in [0.1, 0.15) is 6.04 Å². The highest BCUT2D eigenvalue weighted by atomic mass is 16.2. The fourth-order valence-electron chi connectivity index (χ4n) is 2.12. The van der Waals surface area contributed by atoms with E-state index in [9.17, 15) is 9.59 Å². The molecule has 2 rings (SSSR count). The fraction of sp³-hybridized carbons (Fsp3) is 0.429. The summed E-state index contributed by atoms with van der Waals surface area (Å²) in [5.41, 5.74) is 1.04. The number of nitrogens with one attached hydrogen (secondary N) is 1. The molecule has 0 aliphatic carbocycles. The minimum atomic E-state index is -0.394. The summed E-state index contributed by atoms with van der Waals surface area (Å²) in [5.74, 6) is 0.0395. The van der Waals surface area contributed by atoms with E-state index in [1.54, 1.807) is 4.90 Å². The molecule has 1 heterocycles. The maximum absolute atomic E-state index is 12.2. The molecule has 1 N–H and O–H groups in total. The quantitative estimate of drug-likeness (QED) is 0.870. The molecule has 1 aromatic rings. The van der Waals surface area contributed by atoms with Gasteiger partial charge in [-0.1, -0.05) is 44.2 Å². The van der Waals surface area contributed by atoms with Crippen LogP contribution in [0, 0.1) is 5.92 Å². The molecule has 4 nitrogen and oxygen atoms in total. The Labute approximate surface area is 107 Å². The van der Waals surface area contributed by atoms with Crippen molar-refractivity contribution in [3.63, 3.8) is 0 Å². The number of amides is 2. The standard InChI is InChI=1S/C14H18N2O2/c1-10(2)13-14(18)16(9-12(17)15-13)8-11-6-4-3-5-7-11/h3-7,10,13H,8-9H2,1-2H3,(H,15,17)/t13-/m1/s1. The van der Waals surface area contributed by atoms with Gasteiger partial charge in [0.15, 0.2) is 0 Å². The van der Waals surface area contributed by atoms with Crippen LogP contribution < -0.4 is 5.32 Å². The highest BCUT2D eigenvalue weighted by molar-refractivity contribution is 5.94. The Morgan fingerprint density at radius 1 is 1.28 bits per heavy atom. The van der Waals surface area contributed by atoms with Crippen LogP contribution in [-0.4, -0.2) is 29.3 Å². The Balaban J connectivity index is 2.12. The summed E-state index contributed by atoms with van der Waals surface area (Å²) >= 11 is 0. The van der Waals surface area contributed by atoms with Crippen LogP contribution in [-0.2, 0) is 16.1 Å².